The molecule has 0 aliphatic rings. The van der Waals surface area contributed by atoms with Gasteiger partial charge in [0, 0.05) is 17.7 Å². The minimum Gasteiger partial charge on any atom is -0.490 e. The Hall–Kier alpha value is -3.35. The highest BCUT2D eigenvalue weighted by atomic mass is 16.5. The Kier molecular flexibility index (Phi) is 6.26. The quantitative estimate of drug-likeness (QED) is 0.641. The highest BCUT2D eigenvalue weighted by Gasteiger charge is 2.14. The molecule has 7 heteroatoms. The number of aromatic nitrogens is 2. The van der Waals surface area contributed by atoms with Crippen LogP contribution in [0.25, 0.3) is 22.8 Å². The molecule has 146 valence electrons. The molecule has 3 aromatic rings. The molecule has 0 bridgehead atoms. The van der Waals surface area contributed by atoms with Gasteiger partial charge in [-0.2, -0.15) is 4.98 Å². The summed E-state index contributed by atoms with van der Waals surface area (Å²) in [5, 5.41) is 6.76. The van der Waals surface area contributed by atoms with Crippen molar-refractivity contribution in [3.8, 4) is 34.3 Å². The van der Waals surface area contributed by atoms with Gasteiger partial charge < -0.3 is 19.3 Å². The molecule has 0 aliphatic heterocycles. The van der Waals surface area contributed by atoms with Crippen molar-refractivity contribution in [3.05, 3.63) is 48.0 Å². The summed E-state index contributed by atoms with van der Waals surface area (Å²) in [6.07, 6.45) is 0. The lowest BCUT2D eigenvalue weighted by Crippen LogP contribution is -2.28. The van der Waals surface area contributed by atoms with E-state index in [1.54, 1.807) is 18.2 Å². The minimum atomic E-state index is -0.185. The average Bonchev–Trinajstić information content (AvgIpc) is 3.18. The lowest BCUT2D eigenvalue weighted by atomic mass is 10.1. The number of carbonyl (C=O) groups is 1. The van der Waals surface area contributed by atoms with Crippen LogP contribution >= 0.6 is 0 Å². The number of ether oxygens (including phenoxy) is 2. The lowest BCUT2D eigenvalue weighted by Gasteiger charge is -2.12. The summed E-state index contributed by atoms with van der Waals surface area (Å²) in [6.45, 7) is 6.70. The first-order valence-electron chi connectivity index (χ1n) is 9.18. The predicted molar refractivity (Wildman–Crippen MR) is 105 cm³/mol. The Bertz CT molecular complexity index is 935. The van der Waals surface area contributed by atoms with Crippen LogP contribution in [0, 0.1) is 6.92 Å². The van der Waals surface area contributed by atoms with Gasteiger partial charge in [-0.05, 0) is 51.1 Å². The van der Waals surface area contributed by atoms with E-state index in [4.69, 9.17) is 14.0 Å². The number of nitrogens with zero attached hydrogens (tertiary/aromatic N) is 2. The third kappa shape index (κ3) is 4.68. The second-order valence-electron chi connectivity index (χ2n) is 6.13. The molecule has 0 aliphatic carbocycles. The zero-order valence-electron chi connectivity index (χ0n) is 16.2. The van der Waals surface area contributed by atoms with Gasteiger partial charge in [0.1, 0.15) is 0 Å². The van der Waals surface area contributed by atoms with Gasteiger partial charge in [-0.25, -0.2) is 0 Å². The standard InChI is InChI=1S/C21H23N3O4/c1-4-22-19(25)13-27-17-11-10-16(12-18(17)26-5-2)20-23-21(28-24-20)15-8-6-14(3)7-9-15/h6-12H,4-5,13H2,1-3H3,(H,22,25). The van der Waals surface area contributed by atoms with Crippen LogP contribution in [-0.2, 0) is 4.79 Å². The number of hydrogen-bond donors (Lipinski definition) is 1. The van der Waals surface area contributed by atoms with Crippen LogP contribution < -0.4 is 14.8 Å². The molecule has 7 nitrogen and oxygen atoms in total. The lowest BCUT2D eigenvalue weighted by molar-refractivity contribution is -0.123. The fourth-order valence-corrected chi connectivity index (χ4v) is 2.58. The summed E-state index contributed by atoms with van der Waals surface area (Å²) in [6, 6.07) is 13.2. The van der Waals surface area contributed by atoms with Crippen LogP contribution in [0.2, 0.25) is 0 Å². The highest BCUT2D eigenvalue weighted by molar-refractivity contribution is 5.77. The molecule has 1 aromatic heterocycles. The van der Waals surface area contributed by atoms with E-state index in [0.717, 1.165) is 16.7 Å². The summed E-state index contributed by atoms with van der Waals surface area (Å²) >= 11 is 0. The third-order valence-corrected chi connectivity index (χ3v) is 3.96. The number of nitrogens with one attached hydrogen (secondary N) is 1. The van der Waals surface area contributed by atoms with E-state index < -0.39 is 0 Å². The molecule has 0 unspecified atom stereocenters. The van der Waals surface area contributed by atoms with Gasteiger partial charge in [0.25, 0.3) is 11.8 Å². The summed E-state index contributed by atoms with van der Waals surface area (Å²) in [7, 11) is 0. The number of hydrogen-bond acceptors (Lipinski definition) is 6. The Balaban J connectivity index is 1.81. The minimum absolute atomic E-state index is 0.0763. The molecule has 0 spiro atoms. The van der Waals surface area contributed by atoms with Crippen molar-refractivity contribution in [3.63, 3.8) is 0 Å². The highest BCUT2D eigenvalue weighted by Crippen LogP contribution is 2.32. The van der Waals surface area contributed by atoms with Crippen LogP contribution in [0.5, 0.6) is 11.5 Å². The van der Waals surface area contributed by atoms with Gasteiger partial charge in [0.2, 0.25) is 5.82 Å². The van der Waals surface area contributed by atoms with Gasteiger partial charge in [-0.3, -0.25) is 4.79 Å². The largest absolute Gasteiger partial charge is 0.490 e. The van der Waals surface area contributed by atoms with Crippen molar-refractivity contribution < 1.29 is 18.8 Å². The maximum absolute atomic E-state index is 11.6. The second-order valence-corrected chi connectivity index (χ2v) is 6.13. The molecule has 0 saturated heterocycles. The first-order chi connectivity index (χ1) is 13.6. The van der Waals surface area contributed by atoms with E-state index in [1.165, 1.54) is 0 Å². The normalized spacial score (nSPS) is 10.5. The van der Waals surface area contributed by atoms with E-state index >= 15 is 0 Å². The molecule has 0 atom stereocenters. The SMILES string of the molecule is CCNC(=O)COc1ccc(-c2noc(-c3ccc(C)cc3)n2)cc1OCC. The number of rotatable bonds is 8. The fourth-order valence-electron chi connectivity index (χ4n) is 2.58. The van der Waals surface area contributed by atoms with Crippen molar-refractivity contribution >= 4 is 5.91 Å². The fraction of sp³-hybridized carbons (Fsp3) is 0.286. The zero-order valence-corrected chi connectivity index (χ0v) is 16.2. The molecule has 0 saturated carbocycles. The van der Waals surface area contributed by atoms with E-state index in [9.17, 15) is 4.79 Å². The smallest absolute Gasteiger partial charge is 0.258 e. The first kappa shape index (κ1) is 19.4. The van der Waals surface area contributed by atoms with Crippen molar-refractivity contribution in [1.29, 1.82) is 0 Å². The van der Waals surface area contributed by atoms with Gasteiger partial charge in [-0.15, -0.1) is 0 Å². The van der Waals surface area contributed by atoms with Crippen LogP contribution in [0.15, 0.2) is 47.0 Å². The Labute approximate surface area is 163 Å². The summed E-state index contributed by atoms with van der Waals surface area (Å²) in [5.41, 5.74) is 2.75. The van der Waals surface area contributed by atoms with Crippen molar-refractivity contribution in [2.45, 2.75) is 20.8 Å². The second kappa shape index (κ2) is 9.03. The van der Waals surface area contributed by atoms with Gasteiger partial charge in [-0.1, -0.05) is 22.9 Å². The summed E-state index contributed by atoms with van der Waals surface area (Å²) in [5.74, 6) is 1.72. The third-order valence-electron chi connectivity index (χ3n) is 3.96. The van der Waals surface area contributed by atoms with Crippen molar-refractivity contribution in [2.75, 3.05) is 19.8 Å². The average molecular weight is 381 g/mol. The molecular formula is C21H23N3O4. The summed E-state index contributed by atoms with van der Waals surface area (Å²) in [4.78, 5) is 16.1. The molecule has 1 amide bonds. The number of benzene rings is 2. The molecule has 0 radical (unpaired) electrons. The first-order valence-corrected chi connectivity index (χ1v) is 9.18. The zero-order chi connectivity index (χ0) is 19.9. The molecular weight excluding hydrogens is 358 g/mol. The van der Waals surface area contributed by atoms with E-state index in [0.29, 0.717) is 36.4 Å². The van der Waals surface area contributed by atoms with Crippen LogP contribution in [0.1, 0.15) is 19.4 Å². The molecule has 1 N–H and O–H groups in total. The van der Waals surface area contributed by atoms with Gasteiger partial charge in [0.15, 0.2) is 18.1 Å². The van der Waals surface area contributed by atoms with Gasteiger partial charge >= 0.3 is 0 Å². The van der Waals surface area contributed by atoms with Crippen LogP contribution in [0.4, 0.5) is 0 Å². The van der Waals surface area contributed by atoms with Gasteiger partial charge in [0.05, 0.1) is 6.61 Å². The maximum Gasteiger partial charge on any atom is 0.258 e. The molecule has 0 fully saturated rings. The van der Waals surface area contributed by atoms with E-state index in [-0.39, 0.29) is 12.5 Å². The van der Waals surface area contributed by atoms with Crippen molar-refractivity contribution in [1.82, 2.24) is 15.5 Å². The molecule has 3 rings (SSSR count). The Morgan fingerprint density at radius 2 is 1.79 bits per heavy atom. The van der Waals surface area contributed by atoms with Crippen LogP contribution in [-0.4, -0.2) is 35.8 Å². The predicted octanol–water partition coefficient (Wildman–Crippen LogP) is 3.63. The molecule has 2 aromatic carbocycles. The maximum atomic E-state index is 11.6. The monoisotopic (exact) mass is 381 g/mol. The number of amides is 1. The Morgan fingerprint density at radius 1 is 1.04 bits per heavy atom. The number of aryl methyl sites for hydroxylation is 1. The number of carbonyl (C=O) groups excluding carboxylic acids is 1. The molecule has 1 heterocycles. The van der Waals surface area contributed by atoms with E-state index in [1.807, 2.05) is 45.0 Å². The molecule has 28 heavy (non-hydrogen) atoms. The topological polar surface area (TPSA) is 86.5 Å². The van der Waals surface area contributed by atoms with Crippen molar-refractivity contribution in [2.24, 2.45) is 0 Å². The summed E-state index contributed by atoms with van der Waals surface area (Å²) < 4.78 is 16.6. The van der Waals surface area contributed by atoms with Crippen LogP contribution in [0.3, 0.4) is 0 Å². The van der Waals surface area contributed by atoms with E-state index in [2.05, 4.69) is 15.5 Å². The number of likely N-dealkylation sites (N-methyl/N-ethyl adjacent to an activating group) is 1. The Morgan fingerprint density at radius 3 is 2.50 bits per heavy atom.